The van der Waals surface area contributed by atoms with Crippen LogP contribution in [0.25, 0.3) is 0 Å². The predicted molar refractivity (Wildman–Crippen MR) is 88.6 cm³/mol. The molecule has 0 aromatic heterocycles. The van der Waals surface area contributed by atoms with Crippen LogP contribution < -0.4 is 15.4 Å². The number of halogens is 2. The summed E-state index contributed by atoms with van der Waals surface area (Å²) < 4.78 is 23.4. The minimum absolute atomic E-state index is 0. The molecule has 1 aromatic carbocycles. The van der Waals surface area contributed by atoms with E-state index in [0.717, 1.165) is 25.9 Å². The van der Waals surface area contributed by atoms with Crippen molar-refractivity contribution in [3.05, 3.63) is 30.1 Å². The SMILES string of the molecule is COCC1(CNC(=O)COc2ccc(F)cc2)CCNCC1.Cl. The maximum absolute atomic E-state index is 12.8. The van der Waals surface area contributed by atoms with E-state index in [1.54, 1.807) is 7.11 Å². The topological polar surface area (TPSA) is 59.6 Å². The van der Waals surface area contributed by atoms with E-state index in [4.69, 9.17) is 9.47 Å². The van der Waals surface area contributed by atoms with Crippen molar-refractivity contribution >= 4 is 18.3 Å². The molecule has 0 radical (unpaired) electrons. The van der Waals surface area contributed by atoms with Gasteiger partial charge in [0.25, 0.3) is 5.91 Å². The summed E-state index contributed by atoms with van der Waals surface area (Å²) in [5.74, 6) is -0.0347. The number of hydrogen-bond acceptors (Lipinski definition) is 4. The largest absolute Gasteiger partial charge is 0.484 e. The molecule has 0 unspecified atom stereocenters. The summed E-state index contributed by atoms with van der Waals surface area (Å²) in [6.07, 6.45) is 1.94. The summed E-state index contributed by atoms with van der Waals surface area (Å²) >= 11 is 0. The van der Waals surface area contributed by atoms with Gasteiger partial charge in [-0.3, -0.25) is 4.79 Å². The highest BCUT2D eigenvalue weighted by molar-refractivity contribution is 5.85. The molecule has 5 nitrogen and oxygen atoms in total. The van der Waals surface area contributed by atoms with Gasteiger partial charge in [0.1, 0.15) is 11.6 Å². The van der Waals surface area contributed by atoms with Crippen molar-refractivity contribution in [3.63, 3.8) is 0 Å². The molecule has 0 bridgehead atoms. The van der Waals surface area contributed by atoms with Gasteiger partial charge in [-0.05, 0) is 50.2 Å². The first-order valence-corrected chi connectivity index (χ1v) is 7.48. The molecule has 23 heavy (non-hydrogen) atoms. The van der Waals surface area contributed by atoms with Crippen molar-refractivity contribution in [3.8, 4) is 5.75 Å². The average molecular weight is 347 g/mol. The number of nitrogens with one attached hydrogen (secondary N) is 2. The van der Waals surface area contributed by atoms with Gasteiger partial charge in [0.15, 0.2) is 6.61 Å². The zero-order valence-electron chi connectivity index (χ0n) is 13.3. The standard InChI is InChI=1S/C16H23FN2O3.ClH/c1-21-12-16(6-8-18-9-7-16)11-19-15(20)10-22-14-4-2-13(17)3-5-14;/h2-5,18H,6-12H2,1H3,(H,19,20);1H. The van der Waals surface area contributed by atoms with Crippen LogP contribution in [0.5, 0.6) is 5.75 Å². The van der Waals surface area contributed by atoms with Crippen molar-refractivity contribution in [1.29, 1.82) is 0 Å². The molecule has 1 aliphatic heterocycles. The Hall–Kier alpha value is -1.37. The number of piperidine rings is 1. The molecule has 2 N–H and O–H groups in total. The van der Waals surface area contributed by atoms with Crippen molar-refractivity contribution < 1.29 is 18.7 Å². The molecule has 1 aromatic rings. The molecule has 7 heteroatoms. The summed E-state index contributed by atoms with van der Waals surface area (Å²) in [6, 6.07) is 5.61. The van der Waals surface area contributed by atoms with Gasteiger partial charge < -0.3 is 20.1 Å². The molecule has 0 spiro atoms. The maximum Gasteiger partial charge on any atom is 0.257 e. The first kappa shape index (κ1) is 19.7. The van der Waals surface area contributed by atoms with Gasteiger partial charge in [-0.25, -0.2) is 4.39 Å². The van der Waals surface area contributed by atoms with Gasteiger partial charge in [0.05, 0.1) is 6.61 Å². The number of amides is 1. The fourth-order valence-electron chi connectivity index (χ4n) is 2.65. The first-order valence-electron chi connectivity index (χ1n) is 7.48. The fourth-order valence-corrected chi connectivity index (χ4v) is 2.65. The van der Waals surface area contributed by atoms with Crippen LogP contribution in [0.4, 0.5) is 4.39 Å². The van der Waals surface area contributed by atoms with E-state index >= 15 is 0 Å². The van der Waals surface area contributed by atoms with Gasteiger partial charge in [-0.15, -0.1) is 12.4 Å². The Morgan fingerprint density at radius 3 is 2.57 bits per heavy atom. The lowest BCUT2D eigenvalue weighted by molar-refractivity contribution is -0.124. The van der Waals surface area contributed by atoms with E-state index in [2.05, 4.69) is 10.6 Å². The summed E-state index contributed by atoms with van der Waals surface area (Å²) in [5.41, 5.74) is -0.00840. The minimum Gasteiger partial charge on any atom is -0.484 e. The number of benzene rings is 1. The van der Waals surface area contributed by atoms with Crippen LogP contribution in [-0.4, -0.2) is 45.9 Å². The Morgan fingerprint density at radius 1 is 1.30 bits per heavy atom. The van der Waals surface area contributed by atoms with Gasteiger partial charge in [0.2, 0.25) is 0 Å². The van der Waals surface area contributed by atoms with Crippen LogP contribution in [0.1, 0.15) is 12.8 Å². The Labute approximate surface area is 142 Å². The molecule has 0 saturated carbocycles. The van der Waals surface area contributed by atoms with Crippen molar-refractivity contribution in [2.45, 2.75) is 12.8 Å². The second-order valence-electron chi connectivity index (χ2n) is 5.70. The van der Waals surface area contributed by atoms with Crippen LogP contribution >= 0.6 is 12.4 Å². The normalized spacial score (nSPS) is 16.3. The molecule has 0 aliphatic carbocycles. The minimum atomic E-state index is -0.329. The second kappa shape index (κ2) is 9.70. The zero-order valence-corrected chi connectivity index (χ0v) is 14.1. The quantitative estimate of drug-likeness (QED) is 0.790. The van der Waals surface area contributed by atoms with Crippen LogP contribution in [0.2, 0.25) is 0 Å². The lowest BCUT2D eigenvalue weighted by Crippen LogP contribution is -2.47. The Kier molecular flexibility index (Phi) is 8.30. The number of carbonyl (C=O) groups is 1. The summed E-state index contributed by atoms with van der Waals surface area (Å²) in [4.78, 5) is 11.9. The lowest BCUT2D eigenvalue weighted by atomic mass is 9.79. The molecule has 2 rings (SSSR count). The Morgan fingerprint density at radius 2 is 1.96 bits per heavy atom. The van der Waals surface area contributed by atoms with E-state index in [1.165, 1.54) is 24.3 Å². The van der Waals surface area contributed by atoms with Gasteiger partial charge in [0, 0.05) is 19.1 Å². The second-order valence-corrected chi connectivity index (χ2v) is 5.70. The van der Waals surface area contributed by atoms with Gasteiger partial charge in [-0.2, -0.15) is 0 Å². The Bertz CT molecular complexity index is 473. The number of ether oxygens (including phenoxy) is 2. The van der Waals surface area contributed by atoms with E-state index in [-0.39, 0.29) is 36.2 Å². The van der Waals surface area contributed by atoms with Crippen LogP contribution in [0.15, 0.2) is 24.3 Å². The first-order chi connectivity index (χ1) is 10.6. The number of carbonyl (C=O) groups excluding carboxylic acids is 1. The third-order valence-electron chi connectivity index (χ3n) is 3.96. The molecule has 1 saturated heterocycles. The number of rotatable bonds is 7. The van der Waals surface area contributed by atoms with E-state index in [9.17, 15) is 9.18 Å². The van der Waals surface area contributed by atoms with Gasteiger partial charge >= 0.3 is 0 Å². The third kappa shape index (κ3) is 6.33. The average Bonchev–Trinajstić information content (AvgIpc) is 2.54. The monoisotopic (exact) mass is 346 g/mol. The smallest absolute Gasteiger partial charge is 0.257 e. The predicted octanol–water partition coefficient (Wildman–Crippen LogP) is 1.76. The van der Waals surface area contributed by atoms with Crippen LogP contribution in [-0.2, 0) is 9.53 Å². The molecule has 0 atom stereocenters. The number of methoxy groups -OCH3 is 1. The molecule has 1 aliphatic rings. The summed E-state index contributed by atoms with van der Waals surface area (Å²) in [6.45, 7) is 3.01. The molecular formula is C16H24ClFN2O3. The third-order valence-corrected chi connectivity index (χ3v) is 3.96. The molecule has 130 valence electrons. The van der Waals surface area contributed by atoms with Crippen molar-refractivity contribution in [2.24, 2.45) is 5.41 Å². The maximum atomic E-state index is 12.8. The van der Waals surface area contributed by atoms with Crippen LogP contribution in [0, 0.1) is 11.2 Å². The van der Waals surface area contributed by atoms with Crippen molar-refractivity contribution in [2.75, 3.05) is 40.0 Å². The molecule has 1 fully saturated rings. The van der Waals surface area contributed by atoms with Crippen molar-refractivity contribution in [1.82, 2.24) is 10.6 Å². The highest BCUT2D eigenvalue weighted by atomic mass is 35.5. The van der Waals surface area contributed by atoms with E-state index < -0.39 is 0 Å². The summed E-state index contributed by atoms with van der Waals surface area (Å²) in [7, 11) is 1.68. The molecule has 1 amide bonds. The van der Waals surface area contributed by atoms with Gasteiger partial charge in [-0.1, -0.05) is 0 Å². The fraction of sp³-hybridized carbons (Fsp3) is 0.562. The Balaban J connectivity index is 0.00000264. The number of hydrogen-bond donors (Lipinski definition) is 2. The molecule has 1 heterocycles. The molecular weight excluding hydrogens is 323 g/mol. The highest BCUT2D eigenvalue weighted by Gasteiger charge is 2.32. The van der Waals surface area contributed by atoms with Crippen LogP contribution in [0.3, 0.4) is 0 Å². The highest BCUT2D eigenvalue weighted by Crippen LogP contribution is 2.28. The lowest BCUT2D eigenvalue weighted by Gasteiger charge is -2.37. The summed E-state index contributed by atoms with van der Waals surface area (Å²) in [5, 5.41) is 6.23. The van der Waals surface area contributed by atoms with E-state index in [1.807, 2.05) is 0 Å². The van der Waals surface area contributed by atoms with E-state index in [0.29, 0.717) is 18.9 Å². The zero-order chi connectivity index (χ0) is 15.8.